The molecule has 0 saturated carbocycles. The Morgan fingerprint density at radius 3 is 1.26 bits per heavy atom. The molecule has 0 bridgehead atoms. The van der Waals surface area contributed by atoms with Crippen LogP contribution in [0.15, 0.2) is 0 Å². The lowest BCUT2D eigenvalue weighted by Crippen LogP contribution is -2.45. The second-order valence-electron chi connectivity index (χ2n) is 5.96. The third-order valence-electron chi connectivity index (χ3n) is 2.98. The zero-order valence-corrected chi connectivity index (χ0v) is 15.2. The average molecular weight is 304 g/mol. The van der Waals surface area contributed by atoms with Crippen molar-refractivity contribution in [2.75, 3.05) is 0 Å². The standard InChI is InChI=1S/C13H29N4PS/c1-10(2)16(11(3)4)18(19,9-15-14)17(12(5)6)13(7)8/h9-13H,1-8H3. The van der Waals surface area contributed by atoms with Gasteiger partial charge in [-0.2, -0.15) is 4.79 Å². The van der Waals surface area contributed by atoms with Crippen LogP contribution < -0.4 is 0 Å². The zero-order chi connectivity index (χ0) is 15.4. The minimum absolute atomic E-state index is 0.309. The van der Waals surface area contributed by atoms with Crippen LogP contribution in [0.2, 0.25) is 0 Å². The number of hydrogen-bond donors (Lipinski definition) is 0. The number of rotatable bonds is 7. The lowest BCUT2D eigenvalue weighted by molar-refractivity contribution is 0.00645. The van der Waals surface area contributed by atoms with Crippen molar-refractivity contribution in [1.29, 1.82) is 0 Å². The summed E-state index contributed by atoms with van der Waals surface area (Å²) >= 11 is 6.00. The van der Waals surface area contributed by atoms with Crippen LogP contribution in [0.1, 0.15) is 55.4 Å². The van der Waals surface area contributed by atoms with Crippen LogP contribution in [0.25, 0.3) is 5.53 Å². The molecule has 0 fully saturated rings. The van der Waals surface area contributed by atoms with E-state index >= 15 is 0 Å². The summed E-state index contributed by atoms with van der Waals surface area (Å²) in [6.45, 7) is 17.2. The van der Waals surface area contributed by atoms with Crippen molar-refractivity contribution in [1.82, 2.24) is 9.34 Å². The Balaban J connectivity index is 5.95. The van der Waals surface area contributed by atoms with Gasteiger partial charge in [-0.05, 0) is 55.4 Å². The highest BCUT2D eigenvalue weighted by Crippen LogP contribution is 2.55. The lowest BCUT2D eigenvalue weighted by atomic mass is 10.3. The molecule has 0 heterocycles. The third-order valence-corrected chi connectivity index (χ3v) is 7.97. The third kappa shape index (κ3) is 4.47. The minimum Gasteiger partial charge on any atom is -0.361 e. The van der Waals surface area contributed by atoms with Crippen molar-refractivity contribution in [3.63, 3.8) is 0 Å². The molecule has 0 aliphatic rings. The SMILES string of the molecule is CC(C)N(C(C)C)P(=S)(C=[N+]=[N-])N(C(C)C)C(C)C. The van der Waals surface area contributed by atoms with Crippen molar-refractivity contribution in [2.24, 2.45) is 0 Å². The first-order valence-corrected chi connectivity index (χ1v) is 9.73. The van der Waals surface area contributed by atoms with Gasteiger partial charge in [-0.25, -0.2) is 9.34 Å². The molecule has 0 aliphatic heterocycles. The second-order valence-corrected chi connectivity index (χ2v) is 9.90. The van der Waals surface area contributed by atoms with E-state index in [2.05, 4.69) is 69.5 Å². The Hall–Kier alpha value is -0.0500. The van der Waals surface area contributed by atoms with Crippen molar-refractivity contribution in [3.05, 3.63) is 5.53 Å². The fourth-order valence-corrected chi connectivity index (χ4v) is 8.47. The van der Waals surface area contributed by atoms with Gasteiger partial charge in [0, 0.05) is 24.2 Å². The summed E-state index contributed by atoms with van der Waals surface area (Å²) in [4.78, 5) is 3.32. The highest BCUT2D eigenvalue weighted by atomic mass is 32.4. The molecule has 0 saturated heterocycles. The number of hydrogen-bond acceptors (Lipinski definition) is 1. The van der Waals surface area contributed by atoms with Gasteiger partial charge < -0.3 is 5.53 Å². The van der Waals surface area contributed by atoms with Crippen LogP contribution in [0.3, 0.4) is 0 Å². The molecule has 0 aliphatic carbocycles. The molecule has 0 amide bonds. The largest absolute Gasteiger partial charge is 0.361 e. The Kier molecular flexibility index (Phi) is 7.64. The van der Waals surface area contributed by atoms with E-state index in [0.29, 0.717) is 24.2 Å². The summed E-state index contributed by atoms with van der Waals surface area (Å²) in [5.74, 6) is 1.59. The molecule has 0 spiro atoms. The summed E-state index contributed by atoms with van der Waals surface area (Å²) in [5.41, 5.74) is 9.10. The first-order valence-electron chi connectivity index (χ1n) is 6.95. The van der Waals surface area contributed by atoms with Crippen molar-refractivity contribution < 1.29 is 4.79 Å². The fraction of sp³-hybridized carbons (Fsp3) is 0.923. The minimum atomic E-state index is -2.21. The average Bonchev–Trinajstić information content (AvgIpc) is 2.13. The van der Waals surface area contributed by atoms with E-state index in [1.165, 1.54) is 0 Å². The molecule has 0 radical (unpaired) electrons. The van der Waals surface area contributed by atoms with Gasteiger partial charge in [-0.3, -0.25) is 0 Å². The maximum Gasteiger partial charge on any atom is 0.314 e. The first-order chi connectivity index (χ1) is 8.59. The van der Waals surface area contributed by atoms with Crippen LogP contribution in [-0.2, 0) is 11.8 Å². The summed E-state index contributed by atoms with van der Waals surface area (Å²) in [6.07, 6.45) is -2.21. The van der Waals surface area contributed by atoms with E-state index in [1.807, 2.05) is 0 Å². The maximum atomic E-state index is 9.10. The Morgan fingerprint density at radius 2 is 1.11 bits per heavy atom. The smallest absolute Gasteiger partial charge is 0.314 e. The predicted molar refractivity (Wildman–Crippen MR) is 88.2 cm³/mol. The molecule has 0 N–H and O–H groups in total. The Bertz CT molecular complexity index is 333. The van der Waals surface area contributed by atoms with Crippen molar-refractivity contribution in [3.8, 4) is 0 Å². The maximum absolute atomic E-state index is 9.10. The molecule has 4 nitrogen and oxygen atoms in total. The first kappa shape index (κ1) is 18.9. The summed E-state index contributed by atoms with van der Waals surface area (Å²) in [5, 5.41) is 0. The van der Waals surface area contributed by atoms with Crippen LogP contribution in [0, 0.1) is 0 Å². The molecule has 19 heavy (non-hydrogen) atoms. The van der Waals surface area contributed by atoms with Gasteiger partial charge in [0.1, 0.15) is 0 Å². The van der Waals surface area contributed by atoms with Gasteiger partial charge in [-0.1, -0.05) is 11.8 Å². The quantitative estimate of drug-likeness (QED) is 0.311. The zero-order valence-electron chi connectivity index (χ0n) is 13.5. The van der Waals surface area contributed by atoms with Gasteiger partial charge in [0.25, 0.3) is 0 Å². The van der Waals surface area contributed by atoms with Crippen molar-refractivity contribution >= 4 is 24.1 Å². The molecule has 0 rings (SSSR count). The summed E-state index contributed by atoms with van der Waals surface area (Å²) < 4.78 is 4.62. The second kappa shape index (κ2) is 7.66. The van der Waals surface area contributed by atoms with Crippen LogP contribution in [-0.4, -0.2) is 44.3 Å². The van der Waals surface area contributed by atoms with E-state index in [0.717, 1.165) is 0 Å². The molecular formula is C13H29N4PS. The molecule has 0 atom stereocenters. The lowest BCUT2D eigenvalue weighted by Gasteiger charge is -2.45. The molecule has 0 aromatic heterocycles. The molecular weight excluding hydrogens is 275 g/mol. The van der Waals surface area contributed by atoms with Gasteiger partial charge in [0.15, 0.2) is 6.34 Å². The monoisotopic (exact) mass is 304 g/mol. The highest BCUT2D eigenvalue weighted by molar-refractivity contribution is 8.19. The molecule has 0 aromatic rings. The summed E-state index contributed by atoms with van der Waals surface area (Å²) in [7, 11) is 0. The van der Waals surface area contributed by atoms with E-state index in [1.54, 1.807) is 5.96 Å². The normalized spacial score (nSPS) is 13.2. The van der Waals surface area contributed by atoms with Gasteiger partial charge >= 0.3 is 5.96 Å². The van der Waals surface area contributed by atoms with E-state index in [4.69, 9.17) is 17.3 Å². The van der Waals surface area contributed by atoms with Crippen LogP contribution >= 0.6 is 6.34 Å². The predicted octanol–water partition coefficient (Wildman–Crippen LogP) is 3.79. The van der Waals surface area contributed by atoms with E-state index in [9.17, 15) is 0 Å². The number of nitrogens with zero attached hydrogens (tertiary/aromatic N) is 4. The van der Waals surface area contributed by atoms with E-state index in [-0.39, 0.29) is 0 Å². The van der Waals surface area contributed by atoms with Gasteiger partial charge in [0.2, 0.25) is 0 Å². The van der Waals surface area contributed by atoms with Crippen molar-refractivity contribution in [2.45, 2.75) is 79.6 Å². The van der Waals surface area contributed by atoms with E-state index < -0.39 is 6.34 Å². The fourth-order valence-electron chi connectivity index (χ4n) is 2.82. The highest BCUT2D eigenvalue weighted by Gasteiger charge is 2.40. The molecule has 6 heteroatoms. The Morgan fingerprint density at radius 1 is 0.842 bits per heavy atom. The molecule has 0 aromatic carbocycles. The summed E-state index contributed by atoms with van der Waals surface area (Å²) in [6, 6.07) is 1.24. The van der Waals surface area contributed by atoms with Crippen LogP contribution in [0.4, 0.5) is 0 Å². The molecule has 0 unspecified atom stereocenters. The molecule has 112 valence electrons. The van der Waals surface area contributed by atoms with Gasteiger partial charge in [-0.15, -0.1) is 0 Å². The topological polar surface area (TPSA) is 42.9 Å². The van der Waals surface area contributed by atoms with Crippen LogP contribution in [0.5, 0.6) is 0 Å². The van der Waals surface area contributed by atoms with Gasteiger partial charge in [0.05, 0.1) is 0 Å². The Labute approximate surface area is 123 Å².